The van der Waals surface area contributed by atoms with Gasteiger partial charge in [0.15, 0.2) is 0 Å². The lowest BCUT2D eigenvalue weighted by molar-refractivity contribution is 1.17. The van der Waals surface area contributed by atoms with E-state index in [0.29, 0.717) is 0 Å². The van der Waals surface area contributed by atoms with Gasteiger partial charge in [0.2, 0.25) is 0 Å². The summed E-state index contributed by atoms with van der Waals surface area (Å²) in [4.78, 5) is 2.49. The van der Waals surface area contributed by atoms with Crippen molar-refractivity contribution in [3.05, 3.63) is 194 Å². The van der Waals surface area contributed by atoms with Crippen molar-refractivity contribution in [1.82, 2.24) is 13.4 Å². The molecule has 0 aliphatic heterocycles. The van der Waals surface area contributed by atoms with Crippen molar-refractivity contribution in [2.45, 2.75) is 0 Å². The molecular formula is C54H32N4. The van der Waals surface area contributed by atoms with Gasteiger partial charge in [-0.25, -0.2) is 0 Å². The van der Waals surface area contributed by atoms with Crippen LogP contribution in [0.4, 0.5) is 17.1 Å². The summed E-state index contributed by atoms with van der Waals surface area (Å²) < 4.78 is 7.32. The van der Waals surface area contributed by atoms with E-state index in [9.17, 15) is 0 Å². The summed E-state index contributed by atoms with van der Waals surface area (Å²) in [6, 6.07) is 71.8. The summed E-state index contributed by atoms with van der Waals surface area (Å²) in [5.41, 5.74) is 14.4. The first-order valence-corrected chi connectivity index (χ1v) is 20.0. The molecule has 14 rings (SSSR count). The Kier molecular flexibility index (Phi) is 5.73. The topological polar surface area (TPSA) is 17.0 Å². The first-order valence-electron chi connectivity index (χ1n) is 20.0. The molecule has 0 bridgehead atoms. The van der Waals surface area contributed by atoms with Crippen LogP contribution in [0.2, 0.25) is 0 Å². The molecule has 0 spiro atoms. The van der Waals surface area contributed by atoms with Gasteiger partial charge in [-0.2, -0.15) is 0 Å². The number of hydrogen-bond acceptors (Lipinski definition) is 1. The molecule has 5 heterocycles. The molecule has 58 heavy (non-hydrogen) atoms. The number of nitrogens with zero attached hydrogens (tertiary/aromatic N) is 4. The normalized spacial score (nSPS) is 12.5. The molecule has 0 fully saturated rings. The summed E-state index contributed by atoms with van der Waals surface area (Å²) in [6.45, 7) is 0. The quantitative estimate of drug-likeness (QED) is 0.176. The molecular weight excluding hydrogens is 705 g/mol. The van der Waals surface area contributed by atoms with E-state index in [4.69, 9.17) is 0 Å². The number of aromatic nitrogens is 3. The van der Waals surface area contributed by atoms with Crippen molar-refractivity contribution in [3.8, 4) is 5.69 Å². The van der Waals surface area contributed by atoms with Gasteiger partial charge < -0.3 is 18.3 Å². The standard InChI is InChI=1S/C54H32N4/c1-7-19-47-37(13-1)38-14-2-8-20-48(38)56(47)34-27-25-33(26-28-34)55(35-29-43-39-15-3-9-21-49(39)57-50-22-10-4-16-40(50)44(30-35)53(43)57)36-31-45-41-17-5-11-23-51(41)58-52-24-12-6-18-42(52)46(32-36)54(45)58/h1-32H. The fourth-order valence-electron chi connectivity index (χ4n) is 10.5. The minimum absolute atomic E-state index is 1.10. The maximum atomic E-state index is 2.49. The molecule has 0 N–H and O–H groups in total. The highest BCUT2D eigenvalue weighted by atomic mass is 15.1. The summed E-state index contributed by atoms with van der Waals surface area (Å²) in [7, 11) is 0. The third kappa shape index (κ3) is 3.79. The lowest BCUT2D eigenvalue weighted by atomic mass is 10.0. The molecule has 0 saturated heterocycles. The highest BCUT2D eigenvalue weighted by Gasteiger charge is 2.24. The first-order chi connectivity index (χ1) is 28.8. The van der Waals surface area contributed by atoms with Gasteiger partial charge in [0.1, 0.15) is 0 Å². The number of hydrogen-bond donors (Lipinski definition) is 0. The predicted octanol–water partition coefficient (Wildman–Crippen LogP) is 14.6. The Morgan fingerprint density at radius 1 is 0.259 bits per heavy atom. The lowest BCUT2D eigenvalue weighted by Crippen LogP contribution is -2.10. The van der Waals surface area contributed by atoms with Gasteiger partial charge in [-0.3, -0.25) is 0 Å². The molecule has 0 unspecified atom stereocenters. The third-order valence-corrected chi connectivity index (χ3v) is 12.8. The van der Waals surface area contributed by atoms with Crippen LogP contribution in [0, 0.1) is 0 Å². The second kappa shape index (κ2) is 10.9. The Morgan fingerprint density at radius 3 is 0.897 bits per heavy atom. The van der Waals surface area contributed by atoms with E-state index in [1.807, 2.05) is 0 Å². The van der Waals surface area contributed by atoms with Crippen LogP contribution in [0.5, 0.6) is 0 Å². The van der Waals surface area contributed by atoms with Gasteiger partial charge in [0, 0.05) is 76.6 Å². The molecule has 0 radical (unpaired) electrons. The Balaban J connectivity index is 1.08. The summed E-state index contributed by atoms with van der Waals surface area (Å²) >= 11 is 0. The van der Waals surface area contributed by atoms with Gasteiger partial charge in [0.25, 0.3) is 0 Å². The van der Waals surface area contributed by atoms with E-state index in [2.05, 4.69) is 212 Å². The van der Waals surface area contributed by atoms with E-state index in [-0.39, 0.29) is 0 Å². The minimum Gasteiger partial charge on any atom is -0.310 e. The van der Waals surface area contributed by atoms with Crippen molar-refractivity contribution in [2.24, 2.45) is 0 Å². The number of anilines is 3. The van der Waals surface area contributed by atoms with Crippen molar-refractivity contribution >= 4 is 115 Å². The van der Waals surface area contributed by atoms with Gasteiger partial charge in [0.05, 0.1) is 44.1 Å². The second-order valence-electron chi connectivity index (χ2n) is 15.7. The van der Waals surface area contributed by atoms with Crippen LogP contribution in [-0.2, 0) is 0 Å². The Morgan fingerprint density at radius 2 is 0.552 bits per heavy atom. The van der Waals surface area contributed by atoms with Crippen molar-refractivity contribution in [1.29, 1.82) is 0 Å². The maximum Gasteiger partial charge on any atom is 0.0622 e. The Hall–Kier alpha value is -7.82. The number of benzene rings is 9. The molecule has 4 heteroatoms. The minimum atomic E-state index is 1.10. The van der Waals surface area contributed by atoms with Crippen molar-refractivity contribution < 1.29 is 0 Å². The molecule has 9 aromatic carbocycles. The molecule has 0 amide bonds. The molecule has 0 saturated carbocycles. The van der Waals surface area contributed by atoms with Crippen LogP contribution in [-0.4, -0.2) is 13.4 Å². The van der Waals surface area contributed by atoms with Crippen molar-refractivity contribution in [2.75, 3.05) is 4.90 Å². The maximum absolute atomic E-state index is 2.49. The van der Waals surface area contributed by atoms with Crippen LogP contribution in [0.15, 0.2) is 194 Å². The zero-order valence-electron chi connectivity index (χ0n) is 31.3. The smallest absolute Gasteiger partial charge is 0.0622 e. The van der Waals surface area contributed by atoms with E-state index in [1.54, 1.807) is 0 Å². The molecule has 268 valence electrons. The van der Waals surface area contributed by atoms with E-state index < -0.39 is 0 Å². The van der Waals surface area contributed by atoms with Crippen LogP contribution in [0.1, 0.15) is 0 Å². The molecule has 0 atom stereocenters. The largest absolute Gasteiger partial charge is 0.310 e. The SMILES string of the molecule is c1ccc2c(c1)c1ccccc1n2-c1ccc(N(c2cc3c4ccccc4n4c5ccccc5c(c2)c34)c2cc3c4ccccc4n4c5ccccc5c(c2)c34)cc1. The lowest BCUT2D eigenvalue weighted by Gasteiger charge is -2.26. The highest BCUT2D eigenvalue weighted by molar-refractivity contribution is 6.26. The monoisotopic (exact) mass is 736 g/mol. The Bertz CT molecular complexity index is 3570. The molecule has 4 nitrogen and oxygen atoms in total. The van der Waals surface area contributed by atoms with Crippen LogP contribution in [0.3, 0.4) is 0 Å². The van der Waals surface area contributed by atoms with Crippen LogP contribution < -0.4 is 4.90 Å². The average Bonchev–Trinajstić information content (AvgIpc) is 4.07. The van der Waals surface area contributed by atoms with Crippen molar-refractivity contribution in [3.63, 3.8) is 0 Å². The first kappa shape index (κ1) is 30.4. The number of fused-ring (bicyclic) bond motifs is 15. The summed E-state index contributed by atoms with van der Waals surface area (Å²) in [5.74, 6) is 0. The zero-order chi connectivity index (χ0) is 37.6. The van der Waals surface area contributed by atoms with Crippen LogP contribution in [0.25, 0.3) is 104 Å². The molecule has 5 aromatic heterocycles. The van der Waals surface area contributed by atoms with E-state index >= 15 is 0 Å². The molecule has 0 aliphatic carbocycles. The van der Waals surface area contributed by atoms with E-state index in [1.165, 1.54) is 98.0 Å². The number of para-hydroxylation sites is 6. The van der Waals surface area contributed by atoms with Crippen LogP contribution >= 0.6 is 0 Å². The fourth-order valence-corrected chi connectivity index (χ4v) is 10.5. The predicted molar refractivity (Wildman–Crippen MR) is 245 cm³/mol. The number of rotatable bonds is 4. The average molecular weight is 737 g/mol. The highest BCUT2D eigenvalue weighted by Crippen LogP contribution is 2.48. The zero-order valence-corrected chi connectivity index (χ0v) is 31.3. The summed E-state index contributed by atoms with van der Waals surface area (Å²) in [5, 5.41) is 12.6. The van der Waals surface area contributed by atoms with Gasteiger partial charge in [-0.1, -0.05) is 109 Å². The van der Waals surface area contributed by atoms with Gasteiger partial charge in [-0.15, -0.1) is 0 Å². The second-order valence-corrected chi connectivity index (χ2v) is 15.7. The third-order valence-electron chi connectivity index (χ3n) is 12.8. The molecule has 0 aliphatic rings. The molecule has 14 aromatic rings. The Labute approximate surface area is 331 Å². The van der Waals surface area contributed by atoms with E-state index in [0.717, 1.165) is 22.7 Å². The van der Waals surface area contributed by atoms with Gasteiger partial charge in [-0.05, 0) is 84.9 Å². The summed E-state index contributed by atoms with van der Waals surface area (Å²) in [6.07, 6.45) is 0. The van der Waals surface area contributed by atoms with Gasteiger partial charge >= 0.3 is 0 Å². The fraction of sp³-hybridized carbons (Fsp3) is 0.